The molecular formula is C14H22FN. The fourth-order valence-electron chi connectivity index (χ4n) is 2.43. The van der Waals surface area contributed by atoms with Gasteiger partial charge >= 0.3 is 0 Å². The number of rotatable bonds is 5. The lowest BCUT2D eigenvalue weighted by molar-refractivity contribution is 0.354. The molecule has 0 radical (unpaired) electrons. The van der Waals surface area contributed by atoms with Gasteiger partial charge < -0.3 is 5.32 Å². The van der Waals surface area contributed by atoms with Gasteiger partial charge in [-0.15, -0.1) is 0 Å². The van der Waals surface area contributed by atoms with E-state index in [1.54, 1.807) is 12.1 Å². The van der Waals surface area contributed by atoms with Crippen molar-refractivity contribution in [2.45, 2.75) is 39.2 Å². The molecule has 1 nitrogen and oxygen atoms in total. The zero-order valence-corrected chi connectivity index (χ0v) is 10.6. The third-order valence-corrected chi connectivity index (χ3v) is 3.20. The molecule has 0 aromatic heterocycles. The van der Waals surface area contributed by atoms with Gasteiger partial charge in [0.2, 0.25) is 0 Å². The van der Waals surface area contributed by atoms with Crippen molar-refractivity contribution in [3.05, 3.63) is 35.6 Å². The maximum atomic E-state index is 13.2. The summed E-state index contributed by atoms with van der Waals surface area (Å²) in [6, 6.07) is 7.36. The molecule has 2 atom stereocenters. The number of hydrogen-bond acceptors (Lipinski definition) is 1. The summed E-state index contributed by atoms with van der Waals surface area (Å²) >= 11 is 0. The van der Waals surface area contributed by atoms with E-state index in [1.807, 2.05) is 13.1 Å². The standard InChI is InChI=1S/C14H22FN/c1-5-13(14(16-4)10(2)3)11-7-6-8-12(15)9-11/h6-10,13-14,16H,5H2,1-4H3. The van der Waals surface area contributed by atoms with Crippen molar-refractivity contribution in [1.82, 2.24) is 5.32 Å². The second-order valence-corrected chi connectivity index (χ2v) is 4.63. The van der Waals surface area contributed by atoms with Crippen molar-refractivity contribution in [1.29, 1.82) is 0 Å². The van der Waals surface area contributed by atoms with Crippen LogP contribution in [0.2, 0.25) is 0 Å². The second-order valence-electron chi connectivity index (χ2n) is 4.63. The van der Waals surface area contributed by atoms with Crippen molar-refractivity contribution in [2.75, 3.05) is 7.05 Å². The summed E-state index contributed by atoms with van der Waals surface area (Å²) in [5.74, 6) is 0.772. The van der Waals surface area contributed by atoms with Crippen molar-refractivity contribution >= 4 is 0 Å². The number of benzene rings is 1. The van der Waals surface area contributed by atoms with Crippen LogP contribution in [0, 0.1) is 11.7 Å². The van der Waals surface area contributed by atoms with Crippen molar-refractivity contribution in [3.63, 3.8) is 0 Å². The van der Waals surface area contributed by atoms with E-state index in [9.17, 15) is 4.39 Å². The SMILES string of the molecule is CCC(c1cccc(F)c1)C(NC)C(C)C. The van der Waals surface area contributed by atoms with Crippen LogP contribution < -0.4 is 5.32 Å². The Bertz CT molecular complexity index is 322. The van der Waals surface area contributed by atoms with Crippen molar-refractivity contribution in [2.24, 2.45) is 5.92 Å². The Morgan fingerprint density at radius 3 is 2.44 bits per heavy atom. The van der Waals surface area contributed by atoms with Gasteiger partial charge in [-0.05, 0) is 43.0 Å². The van der Waals surface area contributed by atoms with Gasteiger partial charge in [-0.1, -0.05) is 32.9 Å². The Morgan fingerprint density at radius 2 is 2.00 bits per heavy atom. The van der Waals surface area contributed by atoms with Crippen molar-refractivity contribution in [3.8, 4) is 0 Å². The van der Waals surface area contributed by atoms with E-state index in [-0.39, 0.29) is 5.82 Å². The minimum absolute atomic E-state index is 0.144. The van der Waals surface area contributed by atoms with Gasteiger partial charge in [-0.2, -0.15) is 0 Å². The van der Waals surface area contributed by atoms with Crippen LogP contribution in [0.4, 0.5) is 4.39 Å². The van der Waals surface area contributed by atoms with Gasteiger partial charge in [0.15, 0.2) is 0 Å². The Labute approximate surface area is 98.1 Å². The highest BCUT2D eigenvalue weighted by Gasteiger charge is 2.23. The first-order valence-electron chi connectivity index (χ1n) is 6.02. The van der Waals surface area contributed by atoms with Crippen LogP contribution in [0.15, 0.2) is 24.3 Å². The summed E-state index contributed by atoms with van der Waals surface area (Å²) in [6.45, 7) is 6.55. The molecule has 90 valence electrons. The third kappa shape index (κ3) is 3.05. The number of hydrogen-bond donors (Lipinski definition) is 1. The maximum absolute atomic E-state index is 13.2. The lowest BCUT2D eigenvalue weighted by Crippen LogP contribution is -2.36. The highest BCUT2D eigenvalue weighted by atomic mass is 19.1. The Hall–Kier alpha value is -0.890. The van der Waals surface area contributed by atoms with Gasteiger partial charge in [0.25, 0.3) is 0 Å². The summed E-state index contributed by atoms with van der Waals surface area (Å²) in [4.78, 5) is 0. The highest BCUT2D eigenvalue weighted by Crippen LogP contribution is 2.27. The molecule has 16 heavy (non-hydrogen) atoms. The van der Waals surface area contributed by atoms with Crippen LogP contribution in [0.1, 0.15) is 38.7 Å². The zero-order valence-electron chi connectivity index (χ0n) is 10.6. The van der Waals surface area contributed by atoms with Gasteiger partial charge in [-0.3, -0.25) is 0 Å². The Morgan fingerprint density at radius 1 is 1.31 bits per heavy atom. The smallest absolute Gasteiger partial charge is 0.123 e. The van der Waals surface area contributed by atoms with Crippen LogP contribution in [-0.4, -0.2) is 13.1 Å². The van der Waals surface area contributed by atoms with Gasteiger partial charge in [0, 0.05) is 6.04 Å². The molecule has 0 amide bonds. The quantitative estimate of drug-likeness (QED) is 0.804. The minimum Gasteiger partial charge on any atom is -0.316 e. The topological polar surface area (TPSA) is 12.0 Å². The third-order valence-electron chi connectivity index (χ3n) is 3.20. The Balaban J connectivity index is 2.96. The van der Waals surface area contributed by atoms with Crippen LogP contribution >= 0.6 is 0 Å². The molecule has 0 aliphatic rings. The fourth-order valence-corrected chi connectivity index (χ4v) is 2.43. The molecule has 0 aliphatic heterocycles. The van der Waals surface area contributed by atoms with Crippen LogP contribution in [0.3, 0.4) is 0 Å². The van der Waals surface area contributed by atoms with E-state index >= 15 is 0 Å². The first-order chi connectivity index (χ1) is 7.60. The molecule has 0 fully saturated rings. The molecule has 1 aromatic rings. The lowest BCUT2D eigenvalue weighted by Gasteiger charge is -2.29. The first-order valence-corrected chi connectivity index (χ1v) is 6.02. The number of halogens is 1. The molecule has 0 saturated carbocycles. The predicted molar refractivity (Wildman–Crippen MR) is 67.1 cm³/mol. The average Bonchev–Trinajstić information content (AvgIpc) is 2.25. The second kappa shape index (κ2) is 6.00. The normalized spacial score (nSPS) is 15.1. The zero-order chi connectivity index (χ0) is 12.1. The first kappa shape index (κ1) is 13.2. The Kier molecular flexibility index (Phi) is 4.94. The van der Waals surface area contributed by atoms with E-state index < -0.39 is 0 Å². The van der Waals surface area contributed by atoms with Crippen LogP contribution in [-0.2, 0) is 0 Å². The number of nitrogens with one attached hydrogen (secondary N) is 1. The largest absolute Gasteiger partial charge is 0.316 e. The van der Waals surface area contributed by atoms with E-state index in [1.165, 1.54) is 6.07 Å². The summed E-state index contributed by atoms with van der Waals surface area (Å²) < 4.78 is 13.2. The fraction of sp³-hybridized carbons (Fsp3) is 0.571. The molecule has 0 heterocycles. The van der Waals surface area contributed by atoms with E-state index in [0.29, 0.717) is 17.9 Å². The molecule has 2 unspecified atom stereocenters. The van der Waals surface area contributed by atoms with Crippen LogP contribution in [0.25, 0.3) is 0 Å². The number of likely N-dealkylation sites (N-methyl/N-ethyl adjacent to an activating group) is 1. The van der Waals surface area contributed by atoms with Crippen LogP contribution in [0.5, 0.6) is 0 Å². The minimum atomic E-state index is -0.144. The lowest BCUT2D eigenvalue weighted by atomic mass is 9.83. The van der Waals surface area contributed by atoms with Gasteiger partial charge in [-0.25, -0.2) is 4.39 Å². The molecular weight excluding hydrogens is 201 g/mol. The molecule has 2 heteroatoms. The maximum Gasteiger partial charge on any atom is 0.123 e. The molecule has 1 aromatic carbocycles. The summed E-state index contributed by atoms with van der Waals surface area (Å²) in [6.07, 6.45) is 1.02. The monoisotopic (exact) mass is 223 g/mol. The molecule has 0 spiro atoms. The van der Waals surface area contributed by atoms with E-state index in [2.05, 4.69) is 26.1 Å². The molecule has 0 saturated heterocycles. The van der Waals surface area contributed by atoms with Crippen molar-refractivity contribution < 1.29 is 4.39 Å². The van der Waals surface area contributed by atoms with E-state index in [4.69, 9.17) is 0 Å². The molecule has 0 aliphatic carbocycles. The average molecular weight is 223 g/mol. The molecule has 1 N–H and O–H groups in total. The van der Waals surface area contributed by atoms with Gasteiger partial charge in [0.1, 0.15) is 5.82 Å². The highest BCUT2D eigenvalue weighted by molar-refractivity contribution is 5.22. The summed E-state index contributed by atoms with van der Waals surface area (Å²) in [5, 5.41) is 3.35. The van der Waals surface area contributed by atoms with Gasteiger partial charge in [0.05, 0.1) is 0 Å². The molecule has 0 bridgehead atoms. The summed E-state index contributed by atoms with van der Waals surface area (Å²) in [7, 11) is 1.98. The predicted octanol–water partition coefficient (Wildman–Crippen LogP) is 3.56. The molecule has 1 rings (SSSR count). The summed E-state index contributed by atoms with van der Waals surface area (Å²) in [5.41, 5.74) is 1.09. The van der Waals surface area contributed by atoms with E-state index in [0.717, 1.165) is 12.0 Å².